The molecule has 0 fully saturated rings. The molecule has 0 aliphatic heterocycles. The summed E-state index contributed by atoms with van der Waals surface area (Å²) in [5.41, 5.74) is 2.37. The molecule has 1 atom stereocenters. The summed E-state index contributed by atoms with van der Waals surface area (Å²) in [6.07, 6.45) is 0.0645. The molecule has 0 radical (unpaired) electrons. The van der Waals surface area contributed by atoms with Crippen LogP contribution in [0.4, 0.5) is 0 Å². The van der Waals surface area contributed by atoms with Gasteiger partial charge >= 0.3 is 5.63 Å². The Morgan fingerprint density at radius 3 is 2.54 bits per heavy atom. The third-order valence-electron chi connectivity index (χ3n) is 4.62. The second-order valence-electron chi connectivity index (χ2n) is 6.60. The summed E-state index contributed by atoms with van der Waals surface area (Å²) in [6, 6.07) is 10.5. The summed E-state index contributed by atoms with van der Waals surface area (Å²) in [7, 11) is 0. The van der Waals surface area contributed by atoms with E-state index in [1.165, 1.54) is 6.92 Å². The molecule has 0 saturated heterocycles. The maximum absolute atomic E-state index is 12.7. The first-order valence-corrected chi connectivity index (χ1v) is 8.67. The molecule has 2 aromatic carbocycles. The fourth-order valence-electron chi connectivity index (χ4n) is 3.16. The van der Waals surface area contributed by atoms with Gasteiger partial charge in [-0.05, 0) is 61.7 Å². The van der Waals surface area contributed by atoms with E-state index >= 15 is 0 Å². The highest BCUT2D eigenvalue weighted by Gasteiger charge is 2.26. The van der Waals surface area contributed by atoms with Crippen molar-refractivity contribution < 1.29 is 14.3 Å². The minimum Gasteiger partial charge on any atom is -0.507 e. The molecule has 26 heavy (non-hydrogen) atoms. The van der Waals surface area contributed by atoms with E-state index in [0.29, 0.717) is 21.6 Å². The Hall–Kier alpha value is -2.59. The number of hydrogen-bond acceptors (Lipinski definition) is 4. The van der Waals surface area contributed by atoms with Crippen LogP contribution in [-0.4, -0.2) is 10.9 Å². The van der Waals surface area contributed by atoms with Crippen LogP contribution in [-0.2, 0) is 4.79 Å². The van der Waals surface area contributed by atoms with Crippen LogP contribution in [0, 0.1) is 13.8 Å². The van der Waals surface area contributed by atoms with Crippen LogP contribution in [0.15, 0.2) is 45.6 Å². The number of benzene rings is 2. The highest BCUT2D eigenvalue weighted by Crippen LogP contribution is 2.37. The molecule has 0 aliphatic carbocycles. The highest BCUT2D eigenvalue weighted by molar-refractivity contribution is 6.30. The number of carbonyl (C=O) groups is 1. The minimum atomic E-state index is -0.649. The Balaban J connectivity index is 2.30. The van der Waals surface area contributed by atoms with Crippen LogP contribution in [0.3, 0.4) is 0 Å². The first-order chi connectivity index (χ1) is 12.3. The molecule has 3 aromatic rings. The Morgan fingerprint density at radius 1 is 1.19 bits per heavy atom. The van der Waals surface area contributed by atoms with Crippen molar-refractivity contribution in [2.45, 2.75) is 33.1 Å². The Bertz CT molecular complexity index is 1070. The molecule has 0 bridgehead atoms. The first kappa shape index (κ1) is 18.2. The molecular formula is C21H19ClO4. The van der Waals surface area contributed by atoms with Crippen molar-refractivity contribution in [2.75, 3.05) is 0 Å². The molecule has 134 valence electrons. The summed E-state index contributed by atoms with van der Waals surface area (Å²) in [4.78, 5) is 24.5. The van der Waals surface area contributed by atoms with Gasteiger partial charge in [-0.2, -0.15) is 0 Å². The van der Waals surface area contributed by atoms with Crippen LogP contribution >= 0.6 is 11.6 Å². The van der Waals surface area contributed by atoms with Gasteiger partial charge in [-0.15, -0.1) is 0 Å². The van der Waals surface area contributed by atoms with Crippen molar-refractivity contribution in [3.8, 4) is 5.75 Å². The second kappa shape index (κ2) is 6.96. The summed E-state index contributed by atoms with van der Waals surface area (Å²) in [5, 5.41) is 11.8. The molecule has 1 heterocycles. The lowest BCUT2D eigenvalue weighted by Crippen LogP contribution is -2.16. The van der Waals surface area contributed by atoms with Crippen molar-refractivity contribution in [3.63, 3.8) is 0 Å². The lowest BCUT2D eigenvalue weighted by Gasteiger charge is -2.18. The Morgan fingerprint density at radius 2 is 1.88 bits per heavy atom. The van der Waals surface area contributed by atoms with Crippen molar-refractivity contribution in [1.82, 2.24) is 0 Å². The van der Waals surface area contributed by atoms with Crippen LogP contribution in [0.5, 0.6) is 5.75 Å². The predicted molar refractivity (Wildman–Crippen MR) is 102 cm³/mol. The summed E-state index contributed by atoms with van der Waals surface area (Å²) >= 11 is 6.08. The average molecular weight is 371 g/mol. The summed E-state index contributed by atoms with van der Waals surface area (Å²) in [6.45, 7) is 5.28. The van der Waals surface area contributed by atoms with Gasteiger partial charge in [-0.25, -0.2) is 4.79 Å². The van der Waals surface area contributed by atoms with Gasteiger partial charge in [0.05, 0.1) is 10.9 Å². The molecular weight excluding hydrogens is 352 g/mol. The summed E-state index contributed by atoms with van der Waals surface area (Å²) < 4.78 is 5.46. The van der Waals surface area contributed by atoms with Crippen molar-refractivity contribution in [2.24, 2.45) is 0 Å². The number of aromatic hydroxyl groups is 1. The van der Waals surface area contributed by atoms with E-state index in [9.17, 15) is 14.7 Å². The molecule has 4 nitrogen and oxygen atoms in total. The van der Waals surface area contributed by atoms with Crippen molar-refractivity contribution in [1.29, 1.82) is 0 Å². The molecule has 0 amide bonds. The lowest BCUT2D eigenvalue weighted by molar-refractivity contribution is -0.117. The van der Waals surface area contributed by atoms with Crippen LogP contribution in [0.25, 0.3) is 11.0 Å². The fourth-order valence-corrected chi connectivity index (χ4v) is 3.36. The molecule has 5 heteroatoms. The molecule has 3 rings (SSSR count). The van der Waals surface area contributed by atoms with E-state index in [4.69, 9.17) is 16.0 Å². The minimum absolute atomic E-state index is 0.0645. The molecule has 1 N–H and O–H groups in total. The molecule has 0 spiro atoms. The van der Waals surface area contributed by atoms with E-state index in [0.717, 1.165) is 11.1 Å². The Labute approximate surface area is 156 Å². The average Bonchev–Trinajstić information content (AvgIpc) is 2.56. The number of carbonyl (C=O) groups excluding carboxylic acids is 1. The number of rotatable bonds is 4. The third-order valence-corrected chi connectivity index (χ3v) is 4.85. The van der Waals surface area contributed by atoms with Gasteiger partial charge in [0, 0.05) is 17.4 Å². The van der Waals surface area contributed by atoms with Gasteiger partial charge in [0.1, 0.15) is 17.1 Å². The smallest absolute Gasteiger partial charge is 0.343 e. The number of hydrogen-bond donors (Lipinski definition) is 1. The van der Waals surface area contributed by atoms with E-state index in [2.05, 4.69) is 0 Å². The topological polar surface area (TPSA) is 67.5 Å². The number of halogens is 1. The van der Waals surface area contributed by atoms with Crippen LogP contribution in [0.1, 0.15) is 41.5 Å². The van der Waals surface area contributed by atoms with Gasteiger partial charge in [-0.3, -0.25) is 4.79 Å². The molecule has 0 unspecified atom stereocenters. The van der Waals surface area contributed by atoms with E-state index < -0.39 is 11.5 Å². The van der Waals surface area contributed by atoms with Gasteiger partial charge in [-0.1, -0.05) is 23.7 Å². The number of Topliss-reactive ketones (excluding diaryl/α,β-unsaturated/α-hetero) is 1. The lowest BCUT2D eigenvalue weighted by atomic mass is 9.87. The zero-order chi connectivity index (χ0) is 19.0. The van der Waals surface area contributed by atoms with E-state index in [1.807, 2.05) is 13.8 Å². The normalized spacial score (nSPS) is 12.3. The van der Waals surface area contributed by atoms with Crippen LogP contribution in [0.2, 0.25) is 5.02 Å². The van der Waals surface area contributed by atoms with Crippen molar-refractivity contribution in [3.05, 3.63) is 74.1 Å². The fraction of sp³-hybridized carbons (Fsp3) is 0.238. The highest BCUT2D eigenvalue weighted by atomic mass is 35.5. The van der Waals surface area contributed by atoms with Gasteiger partial charge in [0.2, 0.25) is 0 Å². The molecule has 0 aliphatic rings. The van der Waals surface area contributed by atoms with Crippen LogP contribution < -0.4 is 5.63 Å². The van der Waals surface area contributed by atoms with Crippen molar-refractivity contribution >= 4 is 28.4 Å². The standard InChI is InChI=1S/C21H19ClO4/c1-11-7-17-18(8-12(11)2)26-21(25)19(20(17)24)16(9-13(3)23)14-5-4-6-15(22)10-14/h4-8,10,16,24H,9H2,1-3H3/t16-/m1/s1. The van der Waals surface area contributed by atoms with Gasteiger partial charge in [0.25, 0.3) is 0 Å². The zero-order valence-corrected chi connectivity index (χ0v) is 15.6. The second-order valence-corrected chi connectivity index (χ2v) is 7.03. The van der Waals surface area contributed by atoms with Gasteiger partial charge in [0.15, 0.2) is 0 Å². The summed E-state index contributed by atoms with van der Waals surface area (Å²) in [5.74, 6) is -0.881. The quantitative estimate of drug-likeness (QED) is 0.664. The first-order valence-electron chi connectivity index (χ1n) is 8.29. The maximum Gasteiger partial charge on any atom is 0.343 e. The third kappa shape index (κ3) is 3.37. The predicted octanol–water partition coefficient (Wildman–Crippen LogP) is 4.88. The van der Waals surface area contributed by atoms with E-state index in [-0.39, 0.29) is 23.5 Å². The largest absolute Gasteiger partial charge is 0.507 e. The zero-order valence-electron chi connectivity index (χ0n) is 14.8. The molecule has 1 aromatic heterocycles. The monoisotopic (exact) mass is 370 g/mol. The maximum atomic E-state index is 12.7. The number of fused-ring (bicyclic) bond motifs is 1. The number of ketones is 1. The number of aryl methyl sites for hydroxylation is 2. The SMILES string of the molecule is CC(=O)C[C@H](c1cccc(Cl)c1)c1c(O)c2cc(C)c(C)cc2oc1=O. The van der Waals surface area contributed by atoms with E-state index in [1.54, 1.807) is 36.4 Å². The van der Waals surface area contributed by atoms with Gasteiger partial charge < -0.3 is 9.52 Å². The Kier molecular flexibility index (Phi) is 4.88. The molecule has 0 saturated carbocycles.